The second-order valence-electron chi connectivity index (χ2n) is 6.67. The smallest absolute Gasteiger partial charge is 0.127 e. The van der Waals surface area contributed by atoms with Gasteiger partial charge in [-0.05, 0) is 74.9 Å². The zero-order valence-electron chi connectivity index (χ0n) is 14.0. The van der Waals surface area contributed by atoms with Crippen LogP contribution in [-0.2, 0) is 0 Å². The van der Waals surface area contributed by atoms with Crippen molar-refractivity contribution in [3.63, 3.8) is 0 Å². The molecule has 1 saturated carbocycles. The summed E-state index contributed by atoms with van der Waals surface area (Å²) in [7, 11) is 0. The maximum absolute atomic E-state index is 5.85. The summed E-state index contributed by atoms with van der Waals surface area (Å²) in [6, 6.07) is 16.2. The fourth-order valence-electron chi connectivity index (χ4n) is 2.94. The van der Waals surface area contributed by atoms with Crippen molar-refractivity contribution < 1.29 is 4.74 Å². The first-order chi connectivity index (χ1) is 11.2. The van der Waals surface area contributed by atoms with E-state index in [2.05, 4.69) is 37.8 Å². The van der Waals surface area contributed by atoms with Crippen LogP contribution in [0.15, 0.2) is 48.5 Å². The third kappa shape index (κ3) is 4.63. The molecule has 23 heavy (non-hydrogen) atoms. The van der Waals surface area contributed by atoms with Gasteiger partial charge in [-0.3, -0.25) is 0 Å². The fourth-order valence-corrected chi connectivity index (χ4v) is 2.94. The lowest BCUT2D eigenvalue weighted by molar-refractivity contribution is 0.337. The Bertz CT molecular complexity index is 677. The highest BCUT2D eigenvalue weighted by atomic mass is 16.5. The zero-order chi connectivity index (χ0) is 16.1. The largest absolute Gasteiger partial charge is 0.457 e. The van der Waals surface area contributed by atoms with Crippen LogP contribution in [0.2, 0.25) is 0 Å². The highest BCUT2D eigenvalue weighted by Gasteiger charge is 2.15. The van der Waals surface area contributed by atoms with Gasteiger partial charge in [-0.1, -0.05) is 36.5 Å². The van der Waals surface area contributed by atoms with Crippen molar-refractivity contribution in [1.29, 1.82) is 0 Å². The number of hydrogen-bond acceptors (Lipinski definition) is 1. The van der Waals surface area contributed by atoms with Gasteiger partial charge in [-0.15, -0.1) is 0 Å². The third-order valence-electron chi connectivity index (χ3n) is 4.55. The minimum atomic E-state index is 0.578. The summed E-state index contributed by atoms with van der Waals surface area (Å²) in [5, 5.41) is 0. The molecule has 2 aromatic rings. The van der Waals surface area contributed by atoms with E-state index in [1.807, 2.05) is 36.4 Å². The Hall–Kier alpha value is -2.20. The van der Waals surface area contributed by atoms with Crippen LogP contribution in [0.5, 0.6) is 11.5 Å². The SMILES string of the molecule is Cc1ccc(Oc2ccc(C#CC3CCC(C)CC3)cc2)cc1. The first-order valence-electron chi connectivity index (χ1n) is 8.55. The van der Waals surface area contributed by atoms with Gasteiger partial charge in [0, 0.05) is 11.5 Å². The molecule has 1 nitrogen and oxygen atoms in total. The molecule has 1 aliphatic carbocycles. The van der Waals surface area contributed by atoms with Crippen LogP contribution in [0.25, 0.3) is 0 Å². The number of hydrogen-bond donors (Lipinski definition) is 0. The summed E-state index contributed by atoms with van der Waals surface area (Å²) in [6.07, 6.45) is 5.15. The zero-order valence-corrected chi connectivity index (χ0v) is 14.0. The molecule has 0 heterocycles. The van der Waals surface area contributed by atoms with E-state index in [0.29, 0.717) is 5.92 Å². The second-order valence-corrected chi connectivity index (χ2v) is 6.67. The van der Waals surface area contributed by atoms with Crippen LogP contribution in [0.1, 0.15) is 43.7 Å². The number of ether oxygens (including phenoxy) is 1. The highest BCUT2D eigenvalue weighted by Crippen LogP contribution is 2.28. The third-order valence-corrected chi connectivity index (χ3v) is 4.55. The maximum Gasteiger partial charge on any atom is 0.127 e. The number of rotatable bonds is 2. The average molecular weight is 304 g/mol. The maximum atomic E-state index is 5.85. The number of benzene rings is 2. The van der Waals surface area contributed by atoms with Gasteiger partial charge in [0.1, 0.15) is 11.5 Å². The molecule has 0 radical (unpaired) electrons. The highest BCUT2D eigenvalue weighted by molar-refractivity contribution is 5.40. The first kappa shape index (κ1) is 15.7. The topological polar surface area (TPSA) is 9.23 Å². The van der Waals surface area contributed by atoms with Gasteiger partial charge in [0.2, 0.25) is 0 Å². The quantitative estimate of drug-likeness (QED) is 0.621. The number of aryl methyl sites for hydroxylation is 1. The molecule has 118 valence electrons. The molecule has 2 aromatic carbocycles. The Labute approximate surface area is 139 Å². The van der Waals surface area contributed by atoms with E-state index in [1.54, 1.807) is 0 Å². The van der Waals surface area contributed by atoms with E-state index in [0.717, 1.165) is 23.0 Å². The van der Waals surface area contributed by atoms with E-state index in [4.69, 9.17) is 4.74 Å². The van der Waals surface area contributed by atoms with Crippen molar-refractivity contribution in [1.82, 2.24) is 0 Å². The van der Waals surface area contributed by atoms with Gasteiger partial charge < -0.3 is 4.74 Å². The molecular formula is C22H24O. The fraction of sp³-hybridized carbons (Fsp3) is 0.364. The van der Waals surface area contributed by atoms with E-state index in [1.165, 1.54) is 31.2 Å². The van der Waals surface area contributed by atoms with Gasteiger partial charge in [-0.25, -0.2) is 0 Å². The van der Waals surface area contributed by atoms with Crippen LogP contribution < -0.4 is 4.74 Å². The Kier molecular flexibility index (Phi) is 5.03. The van der Waals surface area contributed by atoms with Gasteiger partial charge in [0.05, 0.1) is 0 Å². The molecule has 0 atom stereocenters. The molecule has 1 fully saturated rings. The summed E-state index contributed by atoms with van der Waals surface area (Å²) in [5.41, 5.74) is 2.31. The predicted molar refractivity (Wildman–Crippen MR) is 95.7 cm³/mol. The van der Waals surface area contributed by atoms with Crippen molar-refractivity contribution in [2.75, 3.05) is 0 Å². The van der Waals surface area contributed by atoms with Crippen molar-refractivity contribution in [3.8, 4) is 23.3 Å². The summed E-state index contributed by atoms with van der Waals surface area (Å²) in [6.45, 7) is 4.42. The van der Waals surface area contributed by atoms with Crippen molar-refractivity contribution >= 4 is 0 Å². The molecule has 0 spiro atoms. The molecule has 0 N–H and O–H groups in total. The lowest BCUT2D eigenvalue weighted by Crippen LogP contribution is -2.10. The monoisotopic (exact) mass is 304 g/mol. The first-order valence-corrected chi connectivity index (χ1v) is 8.55. The lowest BCUT2D eigenvalue weighted by atomic mass is 9.83. The summed E-state index contributed by atoms with van der Waals surface area (Å²) >= 11 is 0. The minimum absolute atomic E-state index is 0.578. The molecule has 0 saturated heterocycles. The normalized spacial score (nSPS) is 20.4. The molecule has 0 unspecified atom stereocenters. The summed E-state index contributed by atoms with van der Waals surface area (Å²) in [4.78, 5) is 0. The average Bonchev–Trinajstić information content (AvgIpc) is 2.58. The molecule has 0 bridgehead atoms. The Morgan fingerprint density at radius 3 is 2.00 bits per heavy atom. The van der Waals surface area contributed by atoms with Gasteiger partial charge in [-0.2, -0.15) is 0 Å². The standard InChI is InChI=1S/C22H24O/c1-17-3-7-19(8-4-17)9-10-20-11-15-22(16-12-20)23-21-13-5-18(2)6-14-21/h5-6,11-17,19H,3-4,7-8H2,1-2H3. The van der Waals surface area contributed by atoms with Gasteiger partial charge in [0.25, 0.3) is 0 Å². The van der Waals surface area contributed by atoms with Crippen molar-refractivity contribution in [2.24, 2.45) is 11.8 Å². The van der Waals surface area contributed by atoms with Crippen LogP contribution in [0.3, 0.4) is 0 Å². The van der Waals surface area contributed by atoms with Crippen LogP contribution in [0, 0.1) is 30.6 Å². The van der Waals surface area contributed by atoms with Gasteiger partial charge in [0.15, 0.2) is 0 Å². The Morgan fingerprint density at radius 1 is 0.826 bits per heavy atom. The molecule has 0 aromatic heterocycles. The molecule has 3 rings (SSSR count). The van der Waals surface area contributed by atoms with E-state index in [-0.39, 0.29) is 0 Å². The summed E-state index contributed by atoms with van der Waals surface area (Å²) in [5.74, 6) is 9.94. The van der Waals surface area contributed by atoms with E-state index >= 15 is 0 Å². The minimum Gasteiger partial charge on any atom is -0.457 e. The molecular weight excluding hydrogens is 280 g/mol. The van der Waals surface area contributed by atoms with Crippen molar-refractivity contribution in [2.45, 2.75) is 39.5 Å². The van der Waals surface area contributed by atoms with E-state index in [9.17, 15) is 0 Å². The molecule has 0 aliphatic heterocycles. The van der Waals surface area contributed by atoms with Crippen LogP contribution >= 0.6 is 0 Å². The Morgan fingerprint density at radius 2 is 1.39 bits per heavy atom. The molecule has 1 aliphatic rings. The van der Waals surface area contributed by atoms with Crippen LogP contribution in [0.4, 0.5) is 0 Å². The van der Waals surface area contributed by atoms with Crippen LogP contribution in [-0.4, -0.2) is 0 Å². The molecule has 0 amide bonds. The van der Waals surface area contributed by atoms with Crippen molar-refractivity contribution in [3.05, 3.63) is 59.7 Å². The lowest BCUT2D eigenvalue weighted by Gasteiger charge is -2.21. The van der Waals surface area contributed by atoms with Gasteiger partial charge >= 0.3 is 0 Å². The predicted octanol–water partition coefficient (Wildman–Crippen LogP) is 5.97. The molecule has 1 heteroatoms. The second kappa shape index (κ2) is 7.38. The summed E-state index contributed by atoms with van der Waals surface area (Å²) < 4.78 is 5.85. The Balaban J connectivity index is 1.60. The van der Waals surface area contributed by atoms with E-state index < -0.39 is 0 Å².